The van der Waals surface area contributed by atoms with Gasteiger partial charge in [0.2, 0.25) is 0 Å². The summed E-state index contributed by atoms with van der Waals surface area (Å²) < 4.78 is 16.3. The summed E-state index contributed by atoms with van der Waals surface area (Å²) in [5, 5.41) is 2.92. The summed E-state index contributed by atoms with van der Waals surface area (Å²) in [5.41, 5.74) is -0.00777. The van der Waals surface area contributed by atoms with Crippen LogP contribution in [0.25, 0.3) is 0 Å². The lowest BCUT2D eigenvalue weighted by Gasteiger charge is -2.29. The molecule has 7 heteroatoms. The van der Waals surface area contributed by atoms with Crippen molar-refractivity contribution in [1.82, 2.24) is 5.32 Å². The number of hydrogen-bond donors (Lipinski definition) is 1. The van der Waals surface area contributed by atoms with Gasteiger partial charge in [0.15, 0.2) is 0 Å². The second kappa shape index (κ2) is 12.0. The number of allylic oxidation sites excluding steroid dienone is 1. The van der Waals surface area contributed by atoms with E-state index in [2.05, 4.69) is 5.32 Å². The molecule has 2 rings (SSSR count). The molecule has 0 bridgehead atoms. The van der Waals surface area contributed by atoms with E-state index in [1.807, 2.05) is 57.2 Å². The standard InChI is InChI=1S/C27H39NO6/c1-26(2,3)33-24(30)21(17-23(29)32-18-20-10-8-7-9-11-20)16-19-12-14-22(15-13-19)28-25(31)34-27(4,5)6/h7-11,16,19,22H,12-15,17-18H2,1-6H3,(H,28,31)/b21-16+. The normalized spacial score (nSPS) is 19.2. The molecule has 0 atom stereocenters. The summed E-state index contributed by atoms with van der Waals surface area (Å²) in [6, 6.07) is 9.43. The van der Waals surface area contributed by atoms with Crippen LogP contribution in [0.2, 0.25) is 0 Å². The van der Waals surface area contributed by atoms with Gasteiger partial charge in [0.1, 0.15) is 17.8 Å². The van der Waals surface area contributed by atoms with Gasteiger partial charge in [-0.2, -0.15) is 0 Å². The van der Waals surface area contributed by atoms with Gasteiger partial charge in [0.05, 0.1) is 6.42 Å². The third-order valence-electron chi connectivity index (χ3n) is 5.17. The van der Waals surface area contributed by atoms with Crippen molar-refractivity contribution in [1.29, 1.82) is 0 Å². The van der Waals surface area contributed by atoms with Crippen molar-refractivity contribution in [3.05, 3.63) is 47.5 Å². The summed E-state index contributed by atoms with van der Waals surface area (Å²) in [4.78, 5) is 37.3. The molecule has 1 fully saturated rings. The molecule has 0 aliphatic heterocycles. The predicted molar refractivity (Wildman–Crippen MR) is 130 cm³/mol. The van der Waals surface area contributed by atoms with Crippen molar-refractivity contribution < 1.29 is 28.6 Å². The topological polar surface area (TPSA) is 90.9 Å². The molecule has 1 aromatic carbocycles. The number of amides is 1. The van der Waals surface area contributed by atoms with Gasteiger partial charge in [0.25, 0.3) is 0 Å². The van der Waals surface area contributed by atoms with Crippen LogP contribution in [0.4, 0.5) is 4.79 Å². The predicted octanol–water partition coefficient (Wildman–Crippen LogP) is 5.47. The Kier molecular flexibility index (Phi) is 9.71. The Morgan fingerprint density at radius 3 is 2.06 bits per heavy atom. The van der Waals surface area contributed by atoms with Gasteiger partial charge in [-0.25, -0.2) is 9.59 Å². The molecular formula is C27H39NO6. The van der Waals surface area contributed by atoms with Crippen LogP contribution in [0.15, 0.2) is 42.0 Å². The van der Waals surface area contributed by atoms with Gasteiger partial charge in [0, 0.05) is 11.6 Å². The second-order valence-corrected chi connectivity index (χ2v) is 10.8. The van der Waals surface area contributed by atoms with Crippen LogP contribution in [0.3, 0.4) is 0 Å². The molecule has 0 spiro atoms. The van der Waals surface area contributed by atoms with Crippen molar-refractivity contribution in [3.8, 4) is 0 Å². The lowest BCUT2D eigenvalue weighted by molar-refractivity contribution is -0.153. The molecule has 7 nitrogen and oxygen atoms in total. The summed E-state index contributed by atoms with van der Waals surface area (Å²) in [6.07, 6.45) is 4.39. The minimum Gasteiger partial charge on any atom is -0.461 e. The maximum absolute atomic E-state index is 12.8. The Morgan fingerprint density at radius 1 is 0.912 bits per heavy atom. The van der Waals surface area contributed by atoms with Gasteiger partial charge in [-0.15, -0.1) is 0 Å². The first-order valence-electron chi connectivity index (χ1n) is 11.9. The van der Waals surface area contributed by atoms with Crippen LogP contribution in [-0.4, -0.2) is 35.3 Å². The molecule has 34 heavy (non-hydrogen) atoms. The van der Waals surface area contributed by atoms with Gasteiger partial charge < -0.3 is 19.5 Å². The zero-order chi connectivity index (χ0) is 25.4. The highest BCUT2D eigenvalue weighted by atomic mass is 16.6. The van der Waals surface area contributed by atoms with Crippen molar-refractivity contribution in [3.63, 3.8) is 0 Å². The number of hydrogen-bond acceptors (Lipinski definition) is 6. The zero-order valence-corrected chi connectivity index (χ0v) is 21.3. The summed E-state index contributed by atoms with van der Waals surface area (Å²) in [6.45, 7) is 11.0. The lowest BCUT2D eigenvalue weighted by Crippen LogP contribution is -2.40. The Bertz CT molecular complexity index is 855. The van der Waals surface area contributed by atoms with Crippen molar-refractivity contribution in [2.45, 2.75) is 97.5 Å². The number of alkyl carbamates (subject to hydrolysis) is 1. The van der Waals surface area contributed by atoms with E-state index >= 15 is 0 Å². The fraction of sp³-hybridized carbons (Fsp3) is 0.593. The molecule has 1 aliphatic rings. The highest BCUT2D eigenvalue weighted by Gasteiger charge is 2.27. The smallest absolute Gasteiger partial charge is 0.407 e. The molecule has 1 N–H and O–H groups in total. The first kappa shape index (κ1) is 27.4. The largest absolute Gasteiger partial charge is 0.461 e. The minimum atomic E-state index is -0.668. The zero-order valence-electron chi connectivity index (χ0n) is 21.3. The molecule has 0 aromatic heterocycles. The van der Waals surface area contributed by atoms with E-state index in [0.717, 1.165) is 31.2 Å². The SMILES string of the molecule is CC(C)(C)OC(=O)NC1CCC(/C=C(\CC(=O)OCc2ccccc2)C(=O)OC(C)(C)C)CC1. The first-order valence-corrected chi connectivity index (χ1v) is 11.9. The second-order valence-electron chi connectivity index (χ2n) is 10.8. The molecule has 1 amide bonds. The number of ether oxygens (including phenoxy) is 3. The van der Waals surface area contributed by atoms with Gasteiger partial charge in [-0.3, -0.25) is 4.79 Å². The van der Waals surface area contributed by atoms with Crippen molar-refractivity contribution >= 4 is 18.0 Å². The third kappa shape index (κ3) is 10.9. The molecule has 1 saturated carbocycles. The molecule has 188 valence electrons. The van der Waals surface area contributed by atoms with Gasteiger partial charge in [-0.05, 0) is 78.7 Å². The average molecular weight is 474 g/mol. The monoisotopic (exact) mass is 473 g/mol. The number of rotatable bonds is 7. The Labute approximate surface area is 203 Å². The van der Waals surface area contributed by atoms with Crippen LogP contribution in [-0.2, 0) is 30.4 Å². The van der Waals surface area contributed by atoms with Crippen LogP contribution in [0, 0.1) is 5.92 Å². The summed E-state index contributed by atoms with van der Waals surface area (Å²) >= 11 is 0. The van der Waals surface area contributed by atoms with E-state index in [4.69, 9.17) is 14.2 Å². The van der Waals surface area contributed by atoms with Gasteiger partial charge in [-0.1, -0.05) is 36.4 Å². The maximum atomic E-state index is 12.8. The molecule has 1 aliphatic carbocycles. The van der Waals surface area contributed by atoms with Crippen molar-refractivity contribution in [2.24, 2.45) is 5.92 Å². The van der Waals surface area contributed by atoms with E-state index < -0.39 is 29.2 Å². The number of carbonyl (C=O) groups excluding carboxylic acids is 3. The highest BCUT2D eigenvalue weighted by molar-refractivity contribution is 5.94. The first-order chi connectivity index (χ1) is 15.8. The number of esters is 2. The molecular weight excluding hydrogens is 434 g/mol. The van der Waals surface area contributed by atoms with E-state index in [1.165, 1.54) is 0 Å². The fourth-order valence-electron chi connectivity index (χ4n) is 3.68. The Morgan fingerprint density at radius 2 is 1.50 bits per heavy atom. The minimum absolute atomic E-state index is 0.0281. The van der Waals surface area contributed by atoms with Crippen LogP contribution < -0.4 is 5.32 Å². The highest BCUT2D eigenvalue weighted by Crippen LogP contribution is 2.28. The van der Waals surface area contributed by atoms with Gasteiger partial charge >= 0.3 is 18.0 Å². The van der Waals surface area contributed by atoms with E-state index in [0.29, 0.717) is 5.57 Å². The average Bonchev–Trinajstić information content (AvgIpc) is 2.71. The molecule has 0 heterocycles. The number of nitrogens with one attached hydrogen (secondary N) is 1. The lowest BCUT2D eigenvalue weighted by atomic mass is 9.84. The van der Waals surface area contributed by atoms with E-state index in [9.17, 15) is 14.4 Å². The molecule has 0 radical (unpaired) electrons. The molecule has 1 aromatic rings. The molecule has 0 saturated heterocycles. The maximum Gasteiger partial charge on any atom is 0.407 e. The van der Waals surface area contributed by atoms with Crippen LogP contribution in [0.1, 0.15) is 79.2 Å². The third-order valence-corrected chi connectivity index (χ3v) is 5.17. The number of carbonyl (C=O) groups is 3. The fourth-order valence-corrected chi connectivity index (χ4v) is 3.68. The quantitative estimate of drug-likeness (QED) is 0.321. The summed E-state index contributed by atoms with van der Waals surface area (Å²) in [7, 11) is 0. The summed E-state index contributed by atoms with van der Waals surface area (Å²) in [5.74, 6) is -0.861. The van der Waals surface area contributed by atoms with E-state index in [1.54, 1.807) is 20.8 Å². The Hall–Kier alpha value is -2.83. The molecule has 0 unspecified atom stereocenters. The van der Waals surface area contributed by atoms with Crippen molar-refractivity contribution in [2.75, 3.05) is 0 Å². The Balaban J connectivity index is 1.97. The van der Waals surface area contributed by atoms with Crippen LogP contribution in [0.5, 0.6) is 0 Å². The number of benzene rings is 1. The van der Waals surface area contributed by atoms with Crippen LogP contribution >= 0.6 is 0 Å². The van der Waals surface area contributed by atoms with E-state index in [-0.39, 0.29) is 25.0 Å².